The summed E-state index contributed by atoms with van der Waals surface area (Å²) in [6, 6.07) is 0. The van der Waals surface area contributed by atoms with Crippen molar-refractivity contribution in [2.24, 2.45) is 0 Å². The molecule has 0 aromatic carbocycles. The maximum absolute atomic E-state index is 11.3. The van der Waals surface area contributed by atoms with Gasteiger partial charge in [-0.15, -0.1) is 0 Å². The number of rotatable bonds is 2. The average molecular weight is 259 g/mol. The van der Waals surface area contributed by atoms with E-state index in [9.17, 15) is 4.79 Å². The number of ether oxygens (including phenoxy) is 1. The Morgan fingerprint density at radius 2 is 2.21 bits per heavy atom. The van der Waals surface area contributed by atoms with Crippen LogP contribution in [-0.2, 0) is 4.74 Å². The molecule has 0 N–H and O–H groups in total. The summed E-state index contributed by atoms with van der Waals surface area (Å²) in [4.78, 5) is 19.4. The first-order valence-electron chi connectivity index (χ1n) is 4.17. The van der Waals surface area contributed by atoms with E-state index in [2.05, 4.69) is 30.6 Å². The molecule has 0 spiro atoms. The number of hydrogen-bond donors (Lipinski definition) is 0. The number of nitrogens with zero attached hydrogens (tertiary/aromatic N) is 2. The van der Waals surface area contributed by atoms with Crippen LogP contribution in [0.1, 0.15) is 35.9 Å². The van der Waals surface area contributed by atoms with E-state index in [0.717, 1.165) is 5.69 Å². The molecule has 14 heavy (non-hydrogen) atoms. The molecule has 0 fully saturated rings. The van der Waals surface area contributed by atoms with Crippen LogP contribution in [0.3, 0.4) is 0 Å². The summed E-state index contributed by atoms with van der Waals surface area (Å²) < 4.78 is 4.99. The normalized spacial score (nSPS) is 10.4. The Balaban J connectivity index is 3.15. The van der Waals surface area contributed by atoms with Crippen LogP contribution in [0.4, 0.5) is 0 Å². The van der Waals surface area contributed by atoms with Gasteiger partial charge >= 0.3 is 5.97 Å². The second-order valence-corrected chi connectivity index (χ2v) is 3.83. The standard InChI is InChI=1S/C9H11BrN2O2/c1-5(2)6-4-11-8(10)7(12-6)9(13)14-3/h4-5H,1-3H3. The first-order valence-corrected chi connectivity index (χ1v) is 4.96. The SMILES string of the molecule is COC(=O)c1nc(C(C)C)cnc1Br. The zero-order valence-corrected chi connectivity index (χ0v) is 9.83. The van der Waals surface area contributed by atoms with Gasteiger partial charge in [0.05, 0.1) is 19.0 Å². The summed E-state index contributed by atoms with van der Waals surface area (Å²) in [7, 11) is 1.32. The van der Waals surface area contributed by atoms with E-state index in [1.165, 1.54) is 7.11 Å². The second kappa shape index (κ2) is 4.50. The number of aromatic nitrogens is 2. The highest BCUT2D eigenvalue weighted by molar-refractivity contribution is 9.10. The molecule has 0 amide bonds. The maximum atomic E-state index is 11.3. The van der Waals surface area contributed by atoms with Gasteiger partial charge in [-0.05, 0) is 21.8 Å². The molecule has 1 heterocycles. The van der Waals surface area contributed by atoms with Crippen molar-refractivity contribution in [3.05, 3.63) is 22.2 Å². The minimum Gasteiger partial charge on any atom is -0.464 e. The molecule has 1 aromatic heterocycles. The highest BCUT2D eigenvalue weighted by Crippen LogP contribution is 2.16. The summed E-state index contributed by atoms with van der Waals surface area (Å²) in [6.07, 6.45) is 1.64. The summed E-state index contributed by atoms with van der Waals surface area (Å²) in [5.41, 5.74) is 0.993. The third kappa shape index (κ3) is 2.29. The fraction of sp³-hybridized carbons (Fsp3) is 0.444. The van der Waals surface area contributed by atoms with Crippen LogP contribution in [-0.4, -0.2) is 23.0 Å². The van der Waals surface area contributed by atoms with E-state index in [1.54, 1.807) is 6.20 Å². The zero-order chi connectivity index (χ0) is 10.7. The fourth-order valence-electron chi connectivity index (χ4n) is 0.893. The van der Waals surface area contributed by atoms with Gasteiger partial charge in [0.1, 0.15) is 4.60 Å². The van der Waals surface area contributed by atoms with Gasteiger partial charge in [-0.3, -0.25) is 0 Å². The summed E-state index contributed by atoms with van der Waals surface area (Å²) in [6.45, 7) is 3.97. The van der Waals surface area contributed by atoms with E-state index in [1.807, 2.05) is 13.8 Å². The van der Waals surface area contributed by atoms with Gasteiger partial charge < -0.3 is 4.74 Å². The number of halogens is 1. The van der Waals surface area contributed by atoms with Crippen LogP contribution < -0.4 is 0 Å². The number of esters is 1. The first kappa shape index (κ1) is 11.1. The third-order valence-corrected chi connectivity index (χ3v) is 2.30. The lowest BCUT2D eigenvalue weighted by Gasteiger charge is -2.06. The van der Waals surface area contributed by atoms with Crippen molar-refractivity contribution in [1.29, 1.82) is 0 Å². The Kier molecular flexibility index (Phi) is 3.57. The van der Waals surface area contributed by atoms with Crippen molar-refractivity contribution in [2.45, 2.75) is 19.8 Å². The Bertz CT molecular complexity index is 353. The summed E-state index contributed by atoms with van der Waals surface area (Å²) in [5, 5.41) is 0. The van der Waals surface area contributed by atoms with E-state index in [-0.39, 0.29) is 11.6 Å². The zero-order valence-electron chi connectivity index (χ0n) is 8.24. The predicted molar refractivity (Wildman–Crippen MR) is 55.2 cm³/mol. The molecule has 76 valence electrons. The molecule has 0 bridgehead atoms. The predicted octanol–water partition coefficient (Wildman–Crippen LogP) is 2.15. The molecule has 4 nitrogen and oxygen atoms in total. The van der Waals surface area contributed by atoms with Gasteiger partial charge in [0.25, 0.3) is 0 Å². The quantitative estimate of drug-likeness (QED) is 0.763. The smallest absolute Gasteiger partial charge is 0.359 e. The van der Waals surface area contributed by atoms with E-state index in [4.69, 9.17) is 0 Å². The molecular weight excluding hydrogens is 248 g/mol. The molecular formula is C9H11BrN2O2. The summed E-state index contributed by atoms with van der Waals surface area (Å²) >= 11 is 3.15. The van der Waals surface area contributed by atoms with Crippen LogP contribution in [0.2, 0.25) is 0 Å². The Labute approximate surface area is 90.8 Å². The third-order valence-electron chi connectivity index (χ3n) is 1.72. The molecule has 1 rings (SSSR count). The van der Waals surface area contributed by atoms with Crippen LogP contribution in [0, 0.1) is 0 Å². The summed E-state index contributed by atoms with van der Waals surface area (Å²) in [5.74, 6) is -0.245. The van der Waals surface area contributed by atoms with Crippen molar-refractivity contribution in [1.82, 2.24) is 9.97 Å². The monoisotopic (exact) mass is 258 g/mol. The van der Waals surface area contributed by atoms with Crippen molar-refractivity contribution in [3.63, 3.8) is 0 Å². The molecule has 0 radical (unpaired) electrons. The lowest BCUT2D eigenvalue weighted by molar-refractivity contribution is 0.0592. The molecule has 1 aromatic rings. The highest BCUT2D eigenvalue weighted by atomic mass is 79.9. The first-order chi connectivity index (χ1) is 6.56. The molecule has 0 atom stereocenters. The van der Waals surface area contributed by atoms with Crippen molar-refractivity contribution in [3.8, 4) is 0 Å². The van der Waals surface area contributed by atoms with E-state index < -0.39 is 5.97 Å². The number of methoxy groups -OCH3 is 1. The molecule has 0 saturated heterocycles. The van der Waals surface area contributed by atoms with Gasteiger partial charge in [0.15, 0.2) is 5.69 Å². The molecule has 0 aliphatic rings. The van der Waals surface area contributed by atoms with Gasteiger partial charge in [0.2, 0.25) is 0 Å². The Hall–Kier alpha value is -0.970. The van der Waals surface area contributed by atoms with Crippen LogP contribution >= 0.6 is 15.9 Å². The average Bonchev–Trinajstić information content (AvgIpc) is 2.17. The molecule has 0 aliphatic heterocycles. The second-order valence-electron chi connectivity index (χ2n) is 3.08. The largest absolute Gasteiger partial charge is 0.464 e. The highest BCUT2D eigenvalue weighted by Gasteiger charge is 2.15. The lowest BCUT2D eigenvalue weighted by Crippen LogP contribution is -2.09. The topological polar surface area (TPSA) is 52.1 Å². The van der Waals surface area contributed by atoms with Gasteiger partial charge in [-0.1, -0.05) is 13.8 Å². The van der Waals surface area contributed by atoms with Crippen molar-refractivity contribution in [2.75, 3.05) is 7.11 Å². The molecule has 0 aliphatic carbocycles. The van der Waals surface area contributed by atoms with Crippen molar-refractivity contribution >= 4 is 21.9 Å². The van der Waals surface area contributed by atoms with Crippen molar-refractivity contribution < 1.29 is 9.53 Å². The van der Waals surface area contributed by atoms with Gasteiger partial charge in [-0.25, -0.2) is 14.8 Å². The minimum absolute atomic E-state index is 0.221. The molecule has 0 unspecified atom stereocenters. The molecule has 0 saturated carbocycles. The van der Waals surface area contributed by atoms with Gasteiger partial charge in [0, 0.05) is 0 Å². The Morgan fingerprint density at radius 3 is 2.71 bits per heavy atom. The van der Waals surface area contributed by atoms with E-state index in [0.29, 0.717) is 4.60 Å². The van der Waals surface area contributed by atoms with Crippen LogP contribution in [0.25, 0.3) is 0 Å². The van der Waals surface area contributed by atoms with E-state index >= 15 is 0 Å². The lowest BCUT2D eigenvalue weighted by atomic mass is 10.1. The van der Waals surface area contributed by atoms with Crippen LogP contribution in [0.15, 0.2) is 10.8 Å². The minimum atomic E-state index is -0.480. The number of hydrogen-bond acceptors (Lipinski definition) is 4. The van der Waals surface area contributed by atoms with Crippen LogP contribution in [0.5, 0.6) is 0 Å². The fourth-order valence-corrected chi connectivity index (χ4v) is 1.25. The Morgan fingerprint density at radius 1 is 1.57 bits per heavy atom. The maximum Gasteiger partial charge on any atom is 0.359 e. The number of carbonyl (C=O) groups is 1. The molecule has 5 heteroatoms. The number of carbonyl (C=O) groups excluding carboxylic acids is 1. The van der Waals surface area contributed by atoms with Gasteiger partial charge in [-0.2, -0.15) is 0 Å².